The van der Waals surface area contributed by atoms with Crippen LogP contribution in [-0.2, 0) is 9.53 Å². The van der Waals surface area contributed by atoms with Crippen molar-refractivity contribution in [2.75, 3.05) is 12.4 Å². The molecule has 1 unspecified atom stereocenters. The third-order valence-corrected chi connectivity index (χ3v) is 2.33. The standard InChI is InChI=1S/C12H16N2O3/c1-7-4-5-9(12(16)17-3)6-10(7)14-11(15)8(2)13/h4-6,8H,13H2,1-3H3,(H,14,15). The van der Waals surface area contributed by atoms with E-state index in [0.717, 1.165) is 5.56 Å². The first-order valence-electron chi connectivity index (χ1n) is 5.21. The average Bonchev–Trinajstić information content (AvgIpc) is 2.30. The largest absolute Gasteiger partial charge is 0.465 e. The number of esters is 1. The molecule has 5 nitrogen and oxygen atoms in total. The van der Waals surface area contributed by atoms with E-state index in [2.05, 4.69) is 10.1 Å². The van der Waals surface area contributed by atoms with E-state index in [0.29, 0.717) is 11.3 Å². The second-order valence-corrected chi connectivity index (χ2v) is 3.80. The molecule has 5 heteroatoms. The van der Waals surface area contributed by atoms with Crippen LogP contribution in [0.4, 0.5) is 5.69 Å². The topological polar surface area (TPSA) is 81.4 Å². The lowest BCUT2D eigenvalue weighted by Gasteiger charge is -2.11. The normalized spacial score (nSPS) is 11.8. The lowest BCUT2D eigenvalue weighted by Crippen LogP contribution is -2.32. The van der Waals surface area contributed by atoms with E-state index < -0.39 is 12.0 Å². The molecule has 17 heavy (non-hydrogen) atoms. The number of aryl methyl sites for hydroxylation is 1. The van der Waals surface area contributed by atoms with Gasteiger partial charge < -0.3 is 15.8 Å². The van der Waals surface area contributed by atoms with Gasteiger partial charge in [-0.25, -0.2) is 4.79 Å². The number of hydrogen-bond donors (Lipinski definition) is 2. The minimum atomic E-state index is -0.601. The highest BCUT2D eigenvalue weighted by atomic mass is 16.5. The Kier molecular flexibility index (Phi) is 4.23. The molecule has 0 radical (unpaired) electrons. The number of methoxy groups -OCH3 is 1. The maximum absolute atomic E-state index is 11.5. The van der Waals surface area contributed by atoms with Crippen molar-refractivity contribution < 1.29 is 14.3 Å². The molecule has 92 valence electrons. The Morgan fingerprint density at radius 1 is 1.41 bits per heavy atom. The predicted octanol–water partition coefficient (Wildman–Crippen LogP) is 1.07. The highest BCUT2D eigenvalue weighted by Gasteiger charge is 2.12. The highest BCUT2D eigenvalue weighted by Crippen LogP contribution is 2.17. The zero-order chi connectivity index (χ0) is 13.0. The number of carbonyl (C=O) groups excluding carboxylic acids is 2. The molecule has 3 N–H and O–H groups in total. The molecule has 0 saturated carbocycles. The van der Waals surface area contributed by atoms with Gasteiger partial charge in [-0.3, -0.25) is 4.79 Å². The number of nitrogens with one attached hydrogen (secondary N) is 1. The van der Waals surface area contributed by atoms with E-state index in [1.54, 1.807) is 25.1 Å². The van der Waals surface area contributed by atoms with Crippen molar-refractivity contribution in [1.29, 1.82) is 0 Å². The predicted molar refractivity (Wildman–Crippen MR) is 64.8 cm³/mol. The minimum absolute atomic E-state index is 0.296. The third kappa shape index (κ3) is 3.29. The lowest BCUT2D eigenvalue weighted by atomic mass is 10.1. The van der Waals surface area contributed by atoms with Gasteiger partial charge >= 0.3 is 5.97 Å². The zero-order valence-corrected chi connectivity index (χ0v) is 10.1. The Balaban J connectivity index is 2.99. The number of amides is 1. The summed E-state index contributed by atoms with van der Waals surface area (Å²) in [6, 6.07) is 4.35. The second kappa shape index (κ2) is 5.45. The second-order valence-electron chi connectivity index (χ2n) is 3.80. The van der Waals surface area contributed by atoms with Crippen LogP contribution in [0.2, 0.25) is 0 Å². The molecule has 1 atom stereocenters. The van der Waals surface area contributed by atoms with Gasteiger partial charge in [0.15, 0.2) is 0 Å². The van der Waals surface area contributed by atoms with Gasteiger partial charge in [0, 0.05) is 5.69 Å². The van der Waals surface area contributed by atoms with Gasteiger partial charge in [-0.2, -0.15) is 0 Å². The van der Waals surface area contributed by atoms with Gasteiger partial charge in [-0.1, -0.05) is 6.07 Å². The van der Waals surface area contributed by atoms with Crippen molar-refractivity contribution >= 4 is 17.6 Å². The van der Waals surface area contributed by atoms with Crippen molar-refractivity contribution in [1.82, 2.24) is 0 Å². The molecule has 0 aromatic heterocycles. The summed E-state index contributed by atoms with van der Waals surface area (Å²) in [6.07, 6.45) is 0. The number of benzene rings is 1. The summed E-state index contributed by atoms with van der Waals surface area (Å²) in [5.41, 5.74) is 7.26. The van der Waals surface area contributed by atoms with Crippen LogP contribution in [0.3, 0.4) is 0 Å². The molecule has 1 rings (SSSR count). The molecule has 0 spiro atoms. The van der Waals surface area contributed by atoms with E-state index >= 15 is 0 Å². The van der Waals surface area contributed by atoms with Crippen molar-refractivity contribution in [2.24, 2.45) is 5.73 Å². The molecule has 0 aliphatic carbocycles. The van der Waals surface area contributed by atoms with Crippen LogP contribution in [0.15, 0.2) is 18.2 Å². The van der Waals surface area contributed by atoms with Gasteiger partial charge in [0.1, 0.15) is 0 Å². The van der Waals surface area contributed by atoms with Crippen molar-refractivity contribution in [2.45, 2.75) is 19.9 Å². The number of rotatable bonds is 3. The fourth-order valence-electron chi connectivity index (χ4n) is 1.25. The first-order valence-corrected chi connectivity index (χ1v) is 5.21. The molecule has 0 aliphatic heterocycles. The van der Waals surface area contributed by atoms with E-state index in [1.165, 1.54) is 7.11 Å². The van der Waals surface area contributed by atoms with Crippen LogP contribution in [0.25, 0.3) is 0 Å². The Hall–Kier alpha value is -1.88. The van der Waals surface area contributed by atoms with Gasteiger partial charge in [-0.05, 0) is 31.5 Å². The van der Waals surface area contributed by atoms with Crippen LogP contribution in [0.1, 0.15) is 22.8 Å². The van der Waals surface area contributed by atoms with Crippen LogP contribution >= 0.6 is 0 Å². The summed E-state index contributed by atoms with van der Waals surface area (Å²) in [7, 11) is 1.31. The summed E-state index contributed by atoms with van der Waals surface area (Å²) >= 11 is 0. The van der Waals surface area contributed by atoms with Gasteiger partial charge in [-0.15, -0.1) is 0 Å². The highest BCUT2D eigenvalue weighted by molar-refractivity contribution is 5.97. The summed E-state index contributed by atoms with van der Waals surface area (Å²) in [4.78, 5) is 22.8. The maximum atomic E-state index is 11.5. The molecule has 0 fully saturated rings. The maximum Gasteiger partial charge on any atom is 0.337 e. The Morgan fingerprint density at radius 3 is 2.59 bits per heavy atom. The van der Waals surface area contributed by atoms with E-state index in [9.17, 15) is 9.59 Å². The fourth-order valence-corrected chi connectivity index (χ4v) is 1.25. The number of anilines is 1. The SMILES string of the molecule is COC(=O)c1ccc(C)c(NC(=O)C(C)N)c1. The molecule has 0 bridgehead atoms. The van der Waals surface area contributed by atoms with Gasteiger partial charge in [0.2, 0.25) is 5.91 Å². The van der Waals surface area contributed by atoms with Crippen molar-refractivity contribution in [3.8, 4) is 0 Å². The first-order chi connectivity index (χ1) is 7.95. The Labute approximate surface area is 99.9 Å². The quantitative estimate of drug-likeness (QED) is 0.769. The van der Waals surface area contributed by atoms with Crippen LogP contribution in [-0.4, -0.2) is 25.0 Å². The van der Waals surface area contributed by atoms with Crippen molar-refractivity contribution in [3.05, 3.63) is 29.3 Å². The Bertz CT molecular complexity index is 441. The zero-order valence-electron chi connectivity index (χ0n) is 10.1. The molecule has 0 aliphatic rings. The number of ether oxygens (including phenoxy) is 1. The smallest absolute Gasteiger partial charge is 0.337 e. The molecule has 1 aromatic carbocycles. The lowest BCUT2D eigenvalue weighted by molar-refractivity contribution is -0.117. The van der Waals surface area contributed by atoms with E-state index in [1.807, 2.05) is 6.92 Å². The summed E-state index contributed by atoms with van der Waals surface area (Å²) in [5.74, 6) is -0.739. The number of carbonyl (C=O) groups is 2. The summed E-state index contributed by atoms with van der Waals surface area (Å²) < 4.78 is 4.61. The number of hydrogen-bond acceptors (Lipinski definition) is 4. The molecular weight excluding hydrogens is 220 g/mol. The molecular formula is C12H16N2O3. The molecule has 1 amide bonds. The summed E-state index contributed by atoms with van der Waals surface area (Å²) in [5, 5.41) is 2.66. The van der Waals surface area contributed by atoms with Gasteiger partial charge in [0.25, 0.3) is 0 Å². The fraction of sp³-hybridized carbons (Fsp3) is 0.333. The number of nitrogens with two attached hydrogens (primary N) is 1. The van der Waals surface area contributed by atoms with E-state index in [-0.39, 0.29) is 5.91 Å². The third-order valence-electron chi connectivity index (χ3n) is 2.33. The molecule has 1 aromatic rings. The average molecular weight is 236 g/mol. The van der Waals surface area contributed by atoms with Crippen LogP contribution < -0.4 is 11.1 Å². The Morgan fingerprint density at radius 2 is 2.06 bits per heavy atom. The van der Waals surface area contributed by atoms with Crippen LogP contribution in [0.5, 0.6) is 0 Å². The monoisotopic (exact) mass is 236 g/mol. The molecule has 0 saturated heterocycles. The van der Waals surface area contributed by atoms with Crippen LogP contribution in [0, 0.1) is 6.92 Å². The van der Waals surface area contributed by atoms with E-state index in [4.69, 9.17) is 5.73 Å². The minimum Gasteiger partial charge on any atom is -0.465 e. The van der Waals surface area contributed by atoms with Gasteiger partial charge in [0.05, 0.1) is 18.7 Å². The molecule has 0 heterocycles. The summed E-state index contributed by atoms with van der Waals surface area (Å²) in [6.45, 7) is 3.42. The van der Waals surface area contributed by atoms with Crippen molar-refractivity contribution in [3.63, 3.8) is 0 Å². The first kappa shape index (κ1) is 13.2.